The van der Waals surface area contributed by atoms with Crippen molar-refractivity contribution >= 4 is 11.8 Å². The Morgan fingerprint density at radius 2 is 1.70 bits per heavy atom. The van der Waals surface area contributed by atoms with Gasteiger partial charge in [-0.1, -0.05) is 0 Å². The minimum Gasteiger partial charge on any atom is -0.490 e. The second kappa shape index (κ2) is 11.1. The maximum atomic E-state index is 13.1. The van der Waals surface area contributed by atoms with Crippen molar-refractivity contribution in [3.05, 3.63) is 53.9 Å². The smallest absolute Gasteiger partial charge is 0.253 e. The fraction of sp³-hybridized carbons (Fsp3) is 0.480. The Bertz CT molecular complexity index is 938. The molecule has 2 saturated heterocycles. The Morgan fingerprint density at radius 3 is 2.39 bits per heavy atom. The van der Waals surface area contributed by atoms with Gasteiger partial charge < -0.3 is 24.0 Å². The lowest BCUT2D eigenvalue weighted by Crippen LogP contribution is -2.47. The molecular weight excluding hydrogens is 422 g/mol. The maximum Gasteiger partial charge on any atom is 0.253 e. The lowest BCUT2D eigenvalue weighted by atomic mass is 9.94. The van der Waals surface area contributed by atoms with Gasteiger partial charge in [0.2, 0.25) is 5.91 Å². The fourth-order valence-corrected chi connectivity index (χ4v) is 4.22. The van der Waals surface area contributed by atoms with E-state index in [1.807, 2.05) is 28.9 Å². The molecule has 176 valence electrons. The molecule has 0 unspecified atom stereocenters. The second-order valence-electron chi connectivity index (χ2n) is 8.24. The van der Waals surface area contributed by atoms with Gasteiger partial charge in [-0.25, -0.2) is 0 Å². The Hall–Kier alpha value is -3.13. The van der Waals surface area contributed by atoms with E-state index in [2.05, 4.69) is 4.98 Å². The van der Waals surface area contributed by atoms with E-state index >= 15 is 0 Å². The highest BCUT2D eigenvalue weighted by atomic mass is 16.5. The van der Waals surface area contributed by atoms with Crippen LogP contribution in [0.25, 0.3) is 0 Å². The molecule has 8 heteroatoms. The van der Waals surface area contributed by atoms with Crippen LogP contribution in [-0.4, -0.2) is 72.6 Å². The molecule has 8 nitrogen and oxygen atoms in total. The molecule has 2 aliphatic rings. The molecule has 2 aliphatic heterocycles. The van der Waals surface area contributed by atoms with Crippen LogP contribution in [0.2, 0.25) is 0 Å². The molecule has 0 aliphatic carbocycles. The van der Waals surface area contributed by atoms with Crippen LogP contribution in [0.5, 0.6) is 11.5 Å². The van der Waals surface area contributed by atoms with Gasteiger partial charge in [0.1, 0.15) is 6.61 Å². The molecule has 0 N–H and O–H groups in total. The molecule has 2 amide bonds. The van der Waals surface area contributed by atoms with E-state index in [1.54, 1.807) is 30.6 Å². The Morgan fingerprint density at radius 1 is 0.970 bits per heavy atom. The first-order valence-corrected chi connectivity index (χ1v) is 11.6. The van der Waals surface area contributed by atoms with Gasteiger partial charge in [0.15, 0.2) is 11.5 Å². The van der Waals surface area contributed by atoms with Crippen LogP contribution >= 0.6 is 0 Å². The average molecular weight is 454 g/mol. The first kappa shape index (κ1) is 23.0. The Kier molecular flexibility index (Phi) is 7.78. The van der Waals surface area contributed by atoms with Gasteiger partial charge >= 0.3 is 0 Å². The van der Waals surface area contributed by atoms with Gasteiger partial charge in [-0.2, -0.15) is 0 Å². The molecule has 2 fully saturated rings. The molecule has 0 saturated carbocycles. The van der Waals surface area contributed by atoms with Crippen molar-refractivity contribution in [3.8, 4) is 11.5 Å². The van der Waals surface area contributed by atoms with Gasteiger partial charge in [0, 0.05) is 50.1 Å². The SMILES string of the molecule is CCOc1cc(C(=O)N2CCC(C(=O)N3CCOCC3)CC2)ccc1OCc1ccncc1. The summed E-state index contributed by atoms with van der Waals surface area (Å²) in [5.41, 5.74) is 1.56. The monoisotopic (exact) mass is 453 g/mol. The summed E-state index contributed by atoms with van der Waals surface area (Å²) >= 11 is 0. The molecule has 0 spiro atoms. The highest BCUT2D eigenvalue weighted by Gasteiger charge is 2.31. The minimum absolute atomic E-state index is 0.0184. The number of benzene rings is 1. The van der Waals surface area contributed by atoms with E-state index in [0.29, 0.717) is 82.5 Å². The lowest BCUT2D eigenvalue weighted by molar-refractivity contribution is -0.141. The number of hydrogen-bond acceptors (Lipinski definition) is 6. The summed E-state index contributed by atoms with van der Waals surface area (Å²) in [7, 11) is 0. The summed E-state index contributed by atoms with van der Waals surface area (Å²) in [4.78, 5) is 33.6. The van der Waals surface area contributed by atoms with Crippen molar-refractivity contribution in [2.24, 2.45) is 5.92 Å². The standard InChI is InChI=1S/C25H31N3O5/c1-2-32-23-17-21(3-4-22(23)33-18-19-5-9-26-10-6-19)25(30)27-11-7-20(8-12-27)24(29)28-13-15-31-16-14-28/h3-6,9-10,17,20H,2,7-8,11-16,18H2,1H3. The second-order valence-corrected chi connectivity index (χ2v) is 8.24. The summed E-state index contributed by atoms with van der Waals surface area (Å²) in [5.74, 6) is 1.28. The largest absolute Gasteiger partial charge is 0.490 e. The van der Waals surface area contributed by atoms with Crippen LogP contribution in [-0.2, 0) is 16.1 Å². The van der Waals surface area contributed by atoms with Crippen molar-refractivity contribution in [1.29, 1.82) is 0 Å². The van der Waals surface area contributed by atoms with Crippen LogP contribution in [0.15, 0.2) is 42.7 Å². The fourth-order valence-electron chi connectivity index (χ4n) is 4.22. The molecule has 1 aromatic carbocycles. The van der Waals surface area contributed by atoms with Crippen LogP contribution in [0.4, 0.5) is 0 Å². The Balaban J connectivity index is 1.36. The third-order valence-electron chi connectivity index (χ3n) is 6.09. The van der Waals surface area contributed by atoms with Crippen molar-refractivity contribution in [1.82, 2.24) is 14.8 Å². The molecule has 4 rings (SSSR count). The number of nitrogens with zero attached hydrogens (tertiary/aromatic N) is 3. The van der Waals surface area contributed by atoms with Crippen LogP contribution < -0.4 is 9.47 Å². The van der Waals surface area contributed by atoms with E-state index in [1.165, 1.54) is 0 Å². The summed E-state index contributed by atoms with van der Waals surface area (Å²) in [6, 6.07) is 9.10. The van der Waals surface area contributed by atoms with Gasteiger partial charge in [0.25, 0.3) is 5.91 Å². The number of morpholine rings is 1. The van der Waals surface area contributed by atoms with Crippen LogP contribution in [0, 0.1) is 5.92 Å². The third kappa shape index (κ3) is 5.82. The normalized spacial score (nSPS) is 17.0. The van der Waals surface area contributed by atoms with Gasteiger partial charge in [-0.15, -0.1) is 0 Å². The predicted octanol–water partition coefficient (Wildman–Crippen LogP) is 2.77. The third-order valence-corrected chi connectivity index (χ3v) is 6.09. The number of carbonyl (C=O) groups excluding carboxylic acids is 2. The number of amides is 2. The van der Waals surface area contributed by atoms with Crippen molar-refractivity contribution < 1.29 is 23.8 Å². The Labute approximate surface area is 194 Å². The molecule has 0 radical (unpaired) electrons. The number of rotatable bonds is 7. The number of likely N-dealkylation sites (tertiary alicyclic amines) is 1. The maximum absolute atomic E-state index is 13.1. The number of pyridine rings is 1. The molecule has 0 atom stereocenters. The molecule has 2 aromatic rings. The lowest BCUT2D eigenvalue weighted by Gasteiger charge is -2.35. The van der Waals surface area contributed by atoms with Crippen molar-refractivity contribution in [3.63, 3.8) is 0 Å². The zero-order valence-electron chi connectivity index (χ0n) is 19.1. The minimum atomic E-state index is -0.0473. The van der Waals surface area contributed by atoms with Gasteiger partial charge in [-0.05, 0) is 55.7 Å². The number of hydrogen-bond donors (Lipinski definition) is 0. The zero-order valence-corrected chi connectivity index (χ0v) is 19.1. The molecule has 33 heavy (non-hydrogen) atoms. The van der Waals surface area contributed by atoms with Crippen LogP contribution in [0.3, 0.4) is 0 Å². The summed E-state index contributed by atoms with van der Waals surface area (Å²) < 4.78 is 17.0. The van der Waals surface area contributed by atoms with Gasteiger partial charge in [-0.3, -0.25) is 14.6 Å². The molecular formula is C25H31N3O5. The van der Waals surface area contributed by atoms with E-state index in [9.17, 15) is 9.59 Å². The molecule has 1 aromatic heterocycles. The first-order chi connectivity index (χ1) is 16.2. The average Bonchev–Trinajstić information content (AvgIpc) is 2.88. The van der Waals surface area contributed by atoms with E-state index in [-0.39, 0.29) is 17.7 Å². The van der Waals surface area contributed by atoms with E-state index < -0.39 is 0 Å². The van der Waals surface area contributed by atoms with Crippen LogP contribution in [0.1, 0.15) is 35.7 Å². The summed E-state index contributed by atoms with van der Waals surface area (Å²) in [6.07, 6.45) is 4.82. The highest BCUT2D eigenvalue weighted by Crippen LogP contribution is 2.30. The summed E-state index contributed by atoms with van der Waals surface area (Å²) in [5, 5.41) is 0. The quantitative estimate of drug-likeness (QED) is 0.641. The number of piperidine rings is 1. The molecule has 3 heterocycles. The van der Waals surface area contributed by atoms with Gasteiger partial charge in [0.05, 0.1) is 19.8 Å². The van der Waals surface area contributed by atoms with Crippen molar-refractivity contribution in [2.45, 2.75) is 26.4 Å². The van der Waals surface area contributed by atoms with E-state index in [4.69, 9.17) is 14.2 Å². The summed E-state index contributed by atoms with van der Waals surface area (Å²) in [6.45, 7) is 6.44. The highest BCUT2D eigenvalue weighted by molar-refractivity contribution is 5.95. The zero-order chi connectivity index (χ0) is 23.0. The molecule has 0 bridgehead atoms. The predicted molar refractivity (Wildman–Crippen MR) is 122 cm³/mol. The van der Waals surface area contributed by atoms with E-state index in [0.717, 1.165) is 5.56 Å². The first-order valence-electron chi connectivity index (χ1n) is 11.6. The topological polar surface area (TPSA) is 81.2 Å². The van der Waals surface area contributed by atoms with Crippen molar-refractivity contribution in [2.75, 3.05) is 46.0 Å². The number of aromatic nitrogens is 1. The number of carbonyl (C=O) groups is 2. The number of ether oxygens (including phenoxy) is 3.